The van der Waals surface area contributed by atoms with Crippen molar-refractivity contribution >= 4 is 21.5 Å². The van der Waals surface area contributed by atoms with E-state index in [-0.39, 0.29) is 12.6 Å². The van der Waals surface area contributed by atoms with Crippen LogP contribution >= 0.6 is 11.3 Å². The Morgan fingerprint density at radius 1 is 1.26 bits per heavy atom. The fourth-order valence-corrected chi connectivity index (χ4v) is 3.54. The molecule has 0 radical (unpaired) electrons. The Balaban J connectivity index is 1.83. The average molecular weight is 354 g/mol. The third kappa shape index (κ3) is 5.69. The van der Waals surface area contributed by atoms with Crippen LogP contribution in [0.25, 0.3) is 10.4 Å². The molecule has 2 N–H and O–H groups in total. The van der Waals surface area contributed by atoms with Gasteiger partial charge in [0.25, 0.3) is 10.1 Å². The molecule has 0 saturated carbocycles. The number of hydrogen-bond acceptors (Lipinski definition) is 6. The lowest BCUT2D eigenvalue weighted by atomic mass is 10.00. The molecular formula is C16H22N2O3S2. The monoisotopic (exact) mass is 354 g/mol. The average Bonchev–Trinajstić information content (AvgIpc) is 2.92. The van der Waals surface area contributed by atoms with Gasteiger partial charge >= 0.3 is 0 Å². The van der Waals surface area contributed by atoms with Gasteiger partial charge in [0.1, 0.15) is 0 Å². The Bertz CT molecular complexity index is 724. The van der Waals surface area contributed by atoms with E-state index >= 15 is 0 Å². The highest BCUT2D eigenvalue weighted by Crippen LogP contribution is 2.28. The number of hydrogen-bond donors (Lipinski definition) is 1. The minimum absolute atomic E-state index is 0.0511. The molecule has 1 aromatic heterocycles. The normalized spacial score (nSPS) is 13.2. The lowest BCUT2D eigenvalue weighted by Crippen LogP contribution is -2.11. The molecule has 0 aliphatic carbocycles. The highest BCUT2D eigenvalue weighted by molar-refractivity contribution is 7.85. The van der Waals surface area contributed by atoms with Crippen LogP contribution in [0.4, 0.5) is 0 Å². The highest BCUT2D eigenvalue weighted by Gasteiger charge is 2.09. The van der Waals surface area contributed by atoms with E-state index in [1.54, 1.807) is 11.3 Å². The molecule has 1 atom stereocenters. The fourth-order valence-electron chi connectivity index (χ4n) is 2.30. The van der Waals surface area contributed by atoms with Crippen LogP contribution in [-0.4, -0.2) is 26.3 Å². The predicted molar refractivity (Wildman–Crippen MR) is 93.9 cm³/mol. The lowest BCUT2D eigenvalue weighted by molar-refractivity contribution is 0.308. The van der Waals surface area contributed by atoms with Crippen LogP contribution in [0.1, 0.15) is 36.6 Å². The summed E-state index contributed by atoms with van der Waals surface area (Å²) in [6.45, 7) is 2.22. The van der Waals surface area contributed by atoms with Gasteiger partial charge < -0.3 is 5.73 Å². The summed E-state index contributed by atoms with van der Waals surface area (Å²) >= 11 is 1.63. The SMILES string of the molecule is Cc1ncsc1-c1ccc([C@@H](N)CCCCOS(C)(=O)=O)cc1. The Kier molecular flexibility index (Phi) is 6.29. The van der Waals surface area contributed by atoms with E-state index in [0.29, 0.717) is 6.42 Å². The maximum Gasteiger partial charge on any atom is 0.264 e. The summed E-state index contributed by atoms with van der Waals surface area (Å²) in [6, 6.07) is 8.19. The molecule has 1 heterocycles. The number of aryl methyl sites for hydroxylation is 1. The Hall–Kier alpha value is -1.28. The van der Waals surface area contributed by atoms with Crippen molar-refractivity contribution in [3.8, 4) is 10.4 Å². The quantitative estimate of drug-likeness (QED) is 0.581. The van der Waals surface area contributed by atoms with Gasteiger partial charge in [-0.25, -0.2) is 4.98 Å². The van der Waals surface area contributed by atoms with E-state index in [4.69, 9.17) is 9.92 Å². The molecule has 2 rings (SSSR count). The summed E-state index contributed by atoms with van der Waals surface area (Å²) in [5.74, 6) is 0. The number of nitrogens with zero attached hydrogens (tertiary/aromatic N) is 1. The minimum Gasteiger partial charge on any atom is -0.324 e. The third-order valence-electron chi connectivity index (χ3n) is 3.55. The zero-order chi connectivity index (χ0) is 16.9. The van der Waals surface area contributed by atoms with E-state index in [1.807, 2.05) is 24.6 Å². The molecular weight excluding hydrogens is 332 g/mol. The van der Waals surface area contributed by atoms with Gasteiger partial charge in [0.2, 0.25) is 0 Å². The highest BCUT2D eigenvalue weighted by atomic mass is 32.2. The second-order valence-electron chi connectivity index (χ2n) is 5.52. The standard InChI is InChI=1S/C16H22N2O3S2/c1-12-16(22-11-18-12)14-8-6-13(7-9-14)15(17)5-3-4-10-21-23(2,19)20/h6-9,11,15H,3-5,10,17H2,1-2H3/t15-/m0/s1. The lowest BCUT2D eigenvalue weighted by Gasteiger charge is -2.12. The van der Waals surface area contributed by atoms with Crippen molar-refractivity contribution in [2.45, 2.75) is 32.2 Å². The zero-order valence-electron chi connectivity index (χ0n) is 13.4. The Morgan fingerprint density at radius 3 is 2.52 bits per heavy atom. The largest absolute Gasteiger partial charge is 0.324 e. The molecule has 23 heavy (non-hydrogen) atoms. The predicted octanol–water partition coefficient (Wildman–Crippen LogP) is 3.26. The Labute approximate surface area is 141 Å². The van der Waals surface area contributed by atoms with Gasteiger partial charge in [0.15, 0.2) is 0 Å². The summed E-state index contributed by atoms with van der Waals surface area (Å²) in [5, 5.41) is 0. The molecule has 7 heteroatoms. The van der Waals surface area contributed by atoms with Crippen LogP contribution in [0.15, 0.2) is 29.8 Å². The number of benzene rings is 1. The maximum absolute atomic E-state index is 10.9. The molecule has 0 aliphatic rings. The van der Waals surface area contributed by atoms with E-state index in [9.17, 15) is 8.42 Å². The van der Waals surface area contributed by atoms with Gasteiger partial charge in [-0.05, 0) is 37.3 Å². The van der Waals surface area contributed by atoms with Crippen LogP contribution in [0, 0.1) is 6.92 Å². The fraction of sp³-hybridized carbons (Fsp3) is 0.438. The molecule has 0 fully saturated rings. The van der Waals surface area contributed by atoms with Crippen molar-refractivity contribution in [2.24, 2.45) is 5.73 Å². The van der Waals surface area contributed by atoms with Crippen LogP contribution in [-0.2, 0) is 14.3 Å². The van der Waals surface area contributed by atoms with E-state index in [0.717, 1.165) is 35.9 Å². The smallest absolute Gasteiger partial charge is 0.264 e. The van der Waals surface area contributed by atoms with Crippen molar-refractivity contribution in [3.05, 3.63) is 41.0 Å². The van der Waals surface area contributed by atoms with Crippen molar-refractivity contribution in [2.75, 3.05) is 12.9 Å². The van der Waals surface area contributed by atoms with Crippen molar-refractivity contribution < 1.29 is 12.6 Å². The summed E-state index contributed by atoms with van der Waals surface area (Å²) in [4.78, 5) is 5.45. The van der Waals surface area contributed by atoms with Crippen molar-refractivity contribution in [3.63, 3.8) is 0 Å². The molecule has 0 aliphatic heterocycles. The first-order chi connectivity index (χ1) is 10.9. The van der Waals surface area contributed by atoms with E-state index in [2.05, 4.69) is 17.1 Å². The summed E-state index contributed by atoms with van der Waals surface area (Å²) in [7, 11) is -3.34. The van der Waals surface area contributed by atoms with Gasteiger partial charge in [-0.2, -0.15) is 8.42 Å². The topological polar surface area (TPSA) is 82.3 Å². The molecule has 0 spiro atoms. The molecule has 5 nitrogen and oxygen atoms in total. The third-order valence-corrected chi connectivity index (χ3v) is 5.13. The second kappa shape index (κ2) is 8.01. The molecule has 0 amide bonds. The van der Waals surface area contributed by atoms with Gasteiger partial charge in [0, 0.05) is 6.04 Å². The molecule has 0 bridgehead atoms. The van der Waals surface area contributed by atoms with Gasteiger partial charge in [-0.1, -0.05) is 24.3 Å². The molecule has 0 saturated heterocycles. The van der Waals surface area contributed by atoms with E-state index in [1.165, 1.54) is 4.88 Å². The number of rotatable bonds is 8. The van der Waals surface area contributed by atoms with Gasteiger partial charge in [-0.3, -0.25) is 4.18 Å². The first-order valence-corrected chi connectivity index (χ1v) is 10.2. The summed E-state index contributed by atoms with van der Waals surface area (Å²) < 4.78 is 26.4. The number of thiazole rings is 1. The van der Waals surface area contributed by atoms with Crippen LogP contribution in [0.5, 0.6) is 0 Å². The van der Waals surface area contributed by atoms with E-state index < -0.39 is 10.1 Å². The van der Waals surface area contributed by atoms with Crippen LogP contribution in [0.2, 0.25) is 0 Å². The molecule has 2 aromatic rings. The minimum atomic E-state index is -3.34. The van der Waals surface area contributed by atoms with Gasteiger partial charge in [-0.15, -0.1) is 11.3 Å². The first kappa shape index (κ1) is 18.1. The molecule has 1 aromatic carbocycles. The van der Waals surface area contributed by atoms with Crippen molar-refractivity contribution in [1.82, 2.24) is 4.98 Å². The Morgan fingerprint density at radius 2 is 1.96 bits per heavy atom. The number of aromatic nitrogens is 1. The van der Waals surface area contributed by atoms with Crippen LogP contribution < -0.4 is 5.73 Å². The maximum atomic E-state index is 10.9. The second-order valence-corrected chi connectivity index (χ2v) is 8.02. The molecule has 0 unspecified atom stereocenters. The molecule has 126 valence electrons. The summed E-state index contributed by atoms with van der Waals surface area (Å²) in [5.41, 5.74) is 11.3. The van der Waals surface area contributed by atoms with Crippen molar-refractivity contribution in [1.29, 1.82) is 0 Å². The number of nitrogens with two attached hydrogens (primary N) is 1. The van der Waals surface area contributed by atoms with Crippen LogP contribution in [0.3, 0.4) is 0 Å². The zero-order valence-corrected chi connectivity index (χ0v) is 15.0. The summed E-state index contributed by atoms with van der Waals surface area (Å²) in [6.07, 6.45) is 3.36. The van der Waals surface area contributed by atoms with Gasteiger partial charge in [0.05, 0.1) is 28.9 Å². The number of unbranched alkanes of at least 4 members (excludes halogenated alkanes) is 1. The first-order valence-electron chi connectivity index (χ1n) is 7.47.